The van der Waals surface area contributed by atoms with Crippen LogP contribution in [0.1, 0.15) is 23.7 Å². The molecule has 5 nitrogen and oxygen atoms in total. The minimum atomic E-state index is -0.394. The second kappa shape index (κ2) is 7.34. The van der Waals surface area contributed by atoms with Gasteiger partial charge in [0.05, 0.1) is 12.6 Å². The molecule has 0 aromatic heterocycles. The standard InChI is InChI=1S/C19H19FN2O3/c1-2-25-17-9-7-16(8-10-17)22-12-15(11-18(22)23)21-19(24)13-3-5-14(20)6-4-13/h3-10,15H,2,11-12H2,1H3,(H,21,24)/t15-/m1/s1. The first-order valence-electron chi connectivity index (χ1n) is 8.16. The SMILES string of the molecule is CCOc1ccc(N2C[C@H](NC(=O)c3ccc(F)cc3)CC2=O)cc1. The molecule has 1 saturated heterocycles. The van der Waals surface area contributed by atoms with Crippen molar-refractivity contribution in [2.45, 2.75) is 19.4 Å². The molecule has 25 heavy (non-hydrogen) atoms. The van der Waals surface area contributed by atoms with Gasteiger partial charge in [0.25, 0.3) is 5.91 Å². The molecule has 2 amide bonds. The molecule has 1 atom stereocenters. The first-order valence-corrected chi connectivity index (χ1v) is 8.16. The van der Waals surface area contributed by atoms with Crippen LogP contribution in [0.25, 0.3) is 0 Å². The van der Waals surface area contributed by atoms with Gasteiger partial charge in [-0.1, -0.05) is 0 Å². The van der Waals surface area contributed by atoms with Gasteiger partial charge in [-0.25, -0.2) is 4.39 Å². The summed E-state index contributed by atoms with van der Waals surface area (Å²) < 4.78 is 18.3. The van der Waals surface area contributed by atoms with Gasteiger partial charge in [-0.2, -0.15) is 0 Å². The molecule has 0 saturated carbocycles. The van der Waals surface area contributed by atoms with Gasteiger partial charge in [-0.15, -0.1) is 0 Å². The fraction of sp³-hybridized carbons (Fsp3) is 0.263. The normalized spacial score (nSPS) is 16.8. The van der Waals surface area contributed by atoms with Crippen molar-refractivity contribution < 1.29 is 18.7 Å². The van der Waals surface area contributed by atoms with Gasteiger partial charge in [0, 0.05) is 24.2 Å². The minimum Gasteiger partial charge on any atom is -0.494 e. The molecule has 0 bridgehead atoms. The number of halogens is 1. The van der Waals surface area contributed by atoms with E-state index in [4.69, 9.17) is 4.74 Å². The summed E-state index contributed by atoms with van der Waals surface area (Å²) in [5, 5.41) is 2.83. The smallest absolute Gasteiger partial charge is 0.251 e. The second-order valence-corrected chi connectivity index (χ2v) is 5.81. The molecule has 0 unspecified atom stereocenters. The van der Waals surface area contributed by atoms with E-state index in [1.54, 1.807) is 4.90 Å². The maximum absolute atomic E-state index is 12.9. The van der Waals surface area contributed by atoms with Crippen LogP contribution in [0.4, 0.5) is 10.1 Å². The molecule has 1 fully saturated rings. The number of carbonyl (C=O) groups excluding carboxylic acids is 2. The number of hydrogen-bond acceptors (Lipinski definition) is 3. The van der Waals surface area contributed by atoms with E-state index in [1.807, 2.05) is 31.2 Å². The van der Waals surface area contributed by atoms with Crippen LogP contribution in [0, 0.1) is 5.82 Å². The number of nitrogens with zero attached hydrogens (tertiary/aromatic N) is 1. The summed E-state index contributed by atoms with van der Waals surface area (Å²) in [7, 11) is 0. The minimum absolute atomic E-state index is 0.0476. The van der Waals surface area contributed by atoms with Crippen LogP contribution < -0.4 is 15.0 Å². The molecule has 3 rings (SSSR count). The maximum Gasteiger partial charge on any atom is 0.251 e. The molecule has 0 aliphatic carbocycles. The number of amides is 2. The number of nitrogens with one attached hydrogen (secondary N) is 1. The zero-order chi connectivity index (χ0) is 17.8. The summed E-state index contributed by atoms with van der Waals surface area (Å²) in [6.45, 7) is 2.89. The van der Waals surface area contributed by atoms with Crippen molar-refractivity contribution >= 4 is 17.5 Å². The number of benzene rings is 2. The Hall–Kier alpha value is -2.89. The number of anilines is 1. The Labute approximate surface area is 145 Å². The highest BCUT2D eigenvalue weighted by molar-refractivity contribution is 5.98. The van der Waals surface area contributed by atoms with E-state index in [1.165, 1.54) is 24.3 Å². The molecule has 130 valence electrons. The highest BCUT2D eigenvalue weighted by Crippen LogP contribution is 2.24. The van der Waals surface area contributed by atoms with Crippen molar-refractivity contribution in [3.8, 4) is 5.75 Å². The van der Waals surface area contributed by atoms with Gasteiger partial charge in [-0.05, 0) is 55.5 Å². The van der Waals surface area contributed by atoms with Crippen LogP contribution in [0.3, 0.4) is 0 Å². The van der Waals surface area contributed by atoms with Crippen LogP contribution in [-0.4, -0.2) is 31.0 Å². The number of hydrogen-bond donors (Lipinski definition) is 1. The first kappa shape index (κ1) is 17.0. The molecule has 2 aromatic rings. The van der Waals surface area contributed by atoms with Crippen LogP contribution in [0.5, 0.6) is 5.75 Å². The summed E-state index contributed by atoms with van der Waals surface area (Å²) in [6.07, 6.45) is 0.236. The van der Waals surface area contributed by atoms with Gasteiger partial charge in [-0.3, -0.25) is 9.59 Å². The van der Waals surface area contributed by atoms with E-state index in [0.29, 0.717) is 18.7 Å². The Bertz CT molecular complexity index is 759. The Morgan fingerprint density at radius 1 is 1.20 bits per heavy atom. The van der Waals surface area contributed by atoms with Crippen LogP contribution >= 0.6 is 0 Å². The fourth-order valence-electron chi connectivity index (χ4n) is 2.81. The molecule has 1 aliphatic rings. The average Bonchev–Trinajstić information content (AvgIpc) is 2.96. The van der Waals surface area contributed by atoms with Gasteiger partial charge < -0.3 is 15.0 Å². The van der Waals surface area contributed by atoms with E-state index in [2.05, 4.69) is 5.32 Å². The largest absolute Gasteiger partial charge is 0.494 e. The number of ether oxygens (including phenoxy) is 1. The third kappa shape index (κ3) is 3.96. The number of rotatable bonds is 5. The highest BCUT2D eigenvalue weighted by atomic mass is 19.1. The van der Waals surface area contributed by atoms with Gasteiger partial charge in [0.2, 0.25) is 5.91 Å². The van der Waals surface area contributed by atoms with E-state index in [-0.39, 0.29) is 24.3 Å². The molecule has 1 N–H and O–H groups in total. The molecule has 6 heteroatoms. The summed E-state index contributed by atoms with van der Waals surface area (Å²) in [4.78, 5) is 26.1. The maximum atomic E-state index is 12.9. The topological polar surface area (TPSA) is 58.6 Å². The van der Waals surface area contributed by atoms with Crippen molar-refractivity contribution in [2.75, 3.05) is 18.1 Å². The first-order chi connectivity index (χ1) is 12.1. The fourth-order valence-corrected chi connectivity index (χ4v) is 2.81. The molecule has 1 aliphatic heterocycles. The summed E-state index contributed by atoms with van der Waals surface area (Å²) in [6, 6.07) is 12.3. The van der Waals surface area contributed by atoms with Crippen molar-refractivity contribution in [2.24, 2.45) is 0 Å². The molecule has 2 aromatic carbocycles. The molecule has 0 spiro atoms. The van der Waals surface area contributed by atoms with Gasteiger partial charge in [0.15, 0.2) is 0 Å². The summed E-state index contributed by atoms with van der Waals surface area (Å²) in [5.41, 5.74) is 1.14. The van der Waals surface area contributed by atoms with Crippen LogP contribution in [0.2, 0.25) is 0 Å². The predicted octanol–water partition coefficient (Wildman–Crippen LogP) is 2.76. The van der Waals surface area contributed by atoms with Crippen LogP contribution in [-0.2, 0) is 4.79 Å². The lowest BCUT2D eigenvalue weighted by molar-refractivity contribution is -0.117. The third-order valence-corrected chi connectivity index (χ3v) is 4.03. The molecular weight excluding hydrogens is 323 g/mol. The Morgan fingerprint density at radius 3 is 2.52 bits per heavy atom. The lowest BCUT2D eigenvalue weighted by atomic mass is 10.2. The lowest BCUT2D eigenvalue weighted by Gasteiger charge is -2.17. The van der Waals surface area contributed by atoms with E-state index >= 15 is 0 Å². The third-order valence-electron chi connectivity index (χ3n) is 4.03. The van der Waals surface area contributed by atoms with Gasteiger partial charge in [0.1, 0.15) is 11.6 Å². The Kier molecular flexibility index (Phi) is 4.97. The van der Waals surface area contributed by atoms with E-state index in [0.717, 1.165) is 11.4 Å². The number of carbonyl (C=O) groups is 2. The van der Waals surface area contributed by atoms with E-state index < -0.39 is 5.82 Å². The van der Waals surface area contributed by atoms with Gasteiger partial charge >= 0.3 is 0 Å². The summed E-state index contributed by atoms with van der Waals surface area (Å²) in [5.74, 6) is -0.00626. The predicted molar refractivity (Wildman–Crippen MR) is 92.2 cm³/mol. The molecule has 0 radical (unpaired) electrons. The average molecular weight is 342 g/mol. The van der Waals surface area contributed by atoms with Crippen molar-refractivity contribution in [1.82, 2.24) is 5.32 Å². The Balaban J connectivity index is 1.63. The zero-order valence-corrected chi connectivity index (χ0v) is 13.9. The van der Waals surface area contributed by atoms with Crippen LogP contribution in [0.15, 0.2) is 48.5 Å². The monoisotopic (exact) mass is 342 g/mol. The second-order valence-electron chi connectivity index (χ2n) is 5.81. The zero-order valence-electron chi connectivity index (χ0n) is 13.9. The quantitative estimate of drug-likeness (QED) is 0.909. The lowest BCUT2D eigenvalue weighted by Crippen LogP contribution is -2.37. The highest BCUT2D eigenvalue weighted by Gasteiger charge is 2.31. The molecular formula is C19H19FN2O3. The van der Waals surface area contributed by atoms with E-state index in [9.17, 15) is 14.0 Å². The van der Waals surface area contributed by atoms with Crippen molar-refractivity contribution in [3.05, 3.63) is 59.9 Å². The van der Waals surface area contributed by atoms with Crippen molar-refractivity contribution in [1.29, 1.82) is 0 Å². The molecule has 1 heterocycles. The Morgan fingerprint density at radius 2 is 1.88 bits per heavy atom. The van der Waals surface area contributed by atoms with Crippen molar-refractivity contribution in [3.63, 3.8) is 0 Å². The summed E-state index contributed by atoms with van der Waals surface area (Å²) >= 11 is 0.